The standard InChI is InChI=1S/C21H22N2O5/c1-11-5-12(2)7-15(6-11)22-16(24)10-28-17(25)9-23-20(26)18-13-3-4-14(8-13)19(18)21(23)27/h3-7,13-14,18-19H,8-10H2,1-2H3,(H,22,24)/t13-,14-,18-,19-/m0/s1. The number of nitrogens with zero attached hydrogens (tertiary/aromatic N) is 1. The van der Waals surface area contributed by atoms with Crippen LogP contribution in [-0.2, 0) is 23.9 Å². The second-order valence-electron chi connectivity index (χ2n) is 7.85. The van der Waals surface area contributed by atoms with Gasteiger partial charge in [0.2, 0.25) is 11.8 Å². The van der Waals surface area contributed by atoms with Crippen LogP contribution in [0.25, 0.3) is 0 Å². The van der Waals surface area contributed by atoms with Gasteiger partial charge in [-0.2, -0.15) is 0 Å². The maximum absolute atomic E-state index is 12.5. The minimum atomic E-state index is -0.766. The molecule has 1 saturated heterocycles. The van der Waals surface area contributed by atoms with E-state index in [1.165, 1.54) is 0 Å². The molecule has 28 heavy (non-hydrogen) atoms. The molecule has 2 fully saturated rings. The molecule has 1 aliphatic heterocycles. The number of fused-ring (bicyclic) bond motifs is 5. The first-order valence-corrected chi connectivity index (χ1v) is 9.41. The molecule has 0 unspecified atom stereocenters. The number of allylic oxidation sites excluding steroid dienone is 2. The number of carbonyl (C=O) groups excluding carboxylic acids is 4. The molecular formula is C21H22N2O5. The lowest BCUT2D eigenvalue weighted by Gasteiger charge is -2.16. The molecule has 7 heteroatoms. The van der Waals surface area contributed by atoms with Crippen LogP contribution in [0.3, 0.4) is 0 Å². The van der Waals surface area contributed by atoms with Crippen molar-refractivity contribution in [3.05, 3.63) is 41.5 Å². The van der Waals surface area contributed by atoms with Crippen LogP contribution < -0.4 is 5.32 Å². The number of esters is 1. The van der Waals surface area contributed by atoms with Crippen molar-refractivity contribution in [3.8, 4) is 0 Å². The topological polar surface area (TPSA) is 92.8 Å². The van der Waals surface area contributed by atoms with Crippen molar-refractivity contribution < 1.29 is 23.9 Å². The van der Waals surface area contributed by atoms with Crippen molar-refractivity contribution in [2.45, 2.75) is 20.3 Å². The van der Waals surface area contributed by atoms with Crippen molar-refractivity contribution in [1.82, 2.24) is 4.90 Å². The Labute approximate surface area is 162 Å². The Morgan fingerprint density at radius 2 is 1.61 bits per heavy atom. The Morgan fingerprint density at radius 3 is 2.18 bits per heavy atom. The van der Waals surface area contributed by atoms with Crippen LogP contribution in [0.5, 0.6) is 0 Å². The van der Waals surface area contributed by atoms with Crippen molar-refractivity contribution in [2.75, 3.05) is 18.5 Å². The molecule has 4 rings (SSSR count). The summed E-state index contributed by atoms with van der Waals surface area (Å²) in [6.07, 6.45) is 4.83. The highest BCUT2D eigenvalue weighted by atomic mass is 16.5. The molecule has 4 atom stereocenters. The number of carbonyl (C=O) groups is 4. The van der Waals surface area contributed by atoms with Crippen LogP contribution in [-0.4, -0.2) is 41.7 Å². The number of nitrogens with one attached hydrogen (secondary N) is 1. The largest absolute Gasteiger partial charge is 0.454 e. The second kappa shape index (κ2) is 6.89. The van der Waals surface area contributed by atoms with E-state index in [2.05, 4.69) is 5.32 Å². The number of rotatable bonds is 5. The summed E-state index contributed by atoms with van der Waals surface area (Å²) >= 11 is 0. The third-order valence-electron chi connectivity index (χ3n) is 5.72. The molecule has 3 aliphatic rings. The lowest BCUT2D eigenvalue weighted by atomic mass is 9.85. The van der Waals surface area contributed by atoms with Gasteiger partial charge < -0.3 is 10.1 Å². The third kappa shape index (κ3) is 3.21. The van der Waals surface area contributed by atoms with Gasteiger partial charge in [0.25, 0.3) is 5.91 Å². The zero-order valence-electron chi connectivity index (χ0n) is 15.8. The molecule has 1 aromatic rings. The highest BCUT2D eigenvalue weighted by Crippen LogP contribution is 2.52. The SMILES string of the molecule is Cc1cc(C)cc(NC(=O)COC(=O)CN2C(=O)[C@@H]3[C@@H](C2=O)[C@H]2C=C[C@H]3C2)c1. The fraction of sp³-hybridized carbons (Fsp3) is 0.429. The Kier molecular flexibility index (Phi) is 4.53. The predicted molar refractivity (Wildman–Crippen MR) is 99.9 cm³/mol. The van der Waals surface area contributed by atoms with Crippen LogP contribution in [0.1, 0.15) is 17.5 Å². The number of amides is 3. The van der Waals surface area contributed by atoms with Crippen LogP contribution >= 0.6 is 0 Å². The van der Waals surface area contributed by atoms with E-state index < -0.39 is 25.0 Å². The Bertz CT molecular complexity index is 856. The van der Waals surface area contributed by atoms with Crippen molar-refractivity contribution in [3.63, 3.8) is 0 Å². The van der Waals surface area contributed by atoms with E-state index in [9.17, 15) is 19.2 Å². The Morgan fingerprint density at radius 1 is 1.04 bits per heavy atom. The van der Waals surface area contributed by atoms with Crippen molar-refractivity contribution in [1.29, 1.82) is 0 Å². The smallest absolute Gasteiger partial charge is 0.326 e. The lowest BCUT2D eigenvalue weighted by Crippen LogP contribution is -2.38. The van der Waals surface area contributed by atoms with Gasteiger partial charge in [-0.3, -0.25) is 24.1 Å². The summed E-state index contributed by atoms with van der Waals surface area (Å²) in [6, 6.07) is 5.61. The molecule has 1 heterocycles. The fourth-order valence-corrected chi connectivity index (χ4v) is 4.68. The summed E-state index contributed by atoms with van der Waals surface area (Å²) < 4.78 is 4.97. The van der Waals surface area contributed by atoms with Gasteiger partial charge >= 0.3 is 5.97 Å². The van der Waals surface area contributed by atoms with E-state index in [0.717, 1.165) is 22.4 Å². The number of hydrogen-bond donors (Lipinski definition) is 1. The molecule has 1 aromatic carbocycles. The van der Waals surface area contributed by atoms with Gasteiger partial charge in [0, 0.05) is 5.69 Å². The van der Waals surface area contributed by atoms with E-state index >= 15 is 0 Å². The molecule has 0 radical (unpaired) electrons. The average molecular weight is 382 g/mol. The fourth-order valence-electron chi connectivity index (χ4n) is 4.68. The van der Waals surface area contributed by atoms with Crippen molar-refractivity contribution >= 4 is 29.4 Å². The molecule has 1 N–H and O–H groups in total. The van der Waals surface area contributed by atoms with Gasteiger partial charge in [-0.15, -0.1) is 0 Å². The molecule has 7 nitrogen and oxygen atoms in total. The van der Waals surface area contributed by atoms with Gasteiger partial charge in [0.1, 0.15) is 6.54 Å². The second-order valence-corrected chi connectivity index (χ2v) is 7.85. The number of hydrogen-bond acceptors (Lipinski definition) is 5. The molecule has 146 valence electrons. The summed E-state index contributed by atoms with van der Waals surface area (Å²) in [5, 5.41) is 2.67. The van der Waals surface area contributed by atoms with Crippen LogP contribution in [0.2, 0.25) is 0 Å². The number of benzene rings is 1. The summed E-state index contributed by atoms with van der Waals surface area (Å²) in [5.41, 5.74) is 2.64. The van der Waals surface area contributed by atoms with E-state index in [1.807, 2.05) is 44.2 Å². The highest BCUT2D eigenvalue weighted by Gasteiger charge is 2.59. The quantitative estimate of drug-likeness (QED) is 0.474. The van der Waals surface area contributed by atoms with E-state index in [0.29, 0.717) is 5.69 Å². The van der Waals surface area contributed by atoms with Crippen LogP contribution in [0.4, 0.5) is 5.69 Å². The molecule has 3 amide bonds. The first-order chi connectivity index (χ1) is 13.3. The highest BCUT2D eigenvalue weighted by molar-refractivity contribution is 6.08. The maximum atomic E-state index is 12.5. The van der Waals surface area contributed by atoms with Gasteiger partial charge in [-0.1, -0.05) is 18.2 Å². The first-order valence-electron chi connectivity index (χ1n) is 9.41. The van der Waals surface area contributed by atoms with Gasteiger partial charge in [0.05, 0.1) is 11.8 Å². The number of likely N-dealkylation sites (tertiary alicyclic amines) is 1. The Balaban J connectivity index is 1.30. The summed E-state index contributed by atoms with van der Waals surface area (Å²) in [5.74, 6) is -2.35. The van der Waals surface area contributed by atoms with E-state index in [1.54, 1.807) is 0 Å². The third-order valence-corrected chi connectivity index (χ3v) is 5.72. The van der Waals surface area contributed by atoms with E-state index in [-0.39, 0.29) is 35.5 Å². The predicted octanol–water partition coefficient (Wildman–Crippen LogP) is 1.59. The molecular weight excluding hydrogens is 360 g/mol. The van der Waals surface area contributed by atoms with Gasteiger partial charge in [-0.05, 0) is 55.4 Å². The van der Waals surface area contributed by atoms with Crippen molar-refractivity contribution in [2.24, 2.45) is 23.7 Å². The molecule has 2 aliphatic carbocycles. The minimum absolute atomic E-state index is 0.0936. The molecule has 1 saturated carbocycles. The zero-order valence-corrected chi connectivity index (χ0v) is 15.8. The first kappa shape index (κ1) is 18.4. The van der Waals surface area contributed by atoms with Gasteiger partial charge in [0.15, 0.2) is 6.61 Å². The number of aryl methyl sites for hydroxylation is 2. The normalized spacial score (nSPS) is 27.3. The minimum Gasteiger partial charge on any atom is -0.454 e. The summed E-state index contributed by atoms with van der Waals surface area (Å²) in [4.78, 5) is 50.2. The number of ether oxygens (including phenoxy) is 1. The lowest BCUT2D eigenvalue weighted by molar-refractivity contribution is -0.154. The molecule has 2 bridgehead atoms. The molecule has 0 spiro atoms. The van der Waals surface area contributed by atoms with Crippen LogP contribution in [0.15, 0.2) is 30.4 Å². The van der Waals surface area contributed by atoms with Crippen LogP contribution in [0, 0.1) is 37.5 Å². The molecule has 0 aromatic heterocycles. The average Bonchev–Trinajstić information content (AvgIpc) is 3.29. The Hall–Kier alpha value is -2.96. The summed E-state index contributed by atoms with van der Waals surface area (Å²) in [7, 11) is 0. The number of imide groups is 1. The summed E-state index contributed by atoms with van der Waals surface area (Å²) in [6.45, 7) is 2.93. The van der Waals surface area contributed by atoms with Gasteiger partial charge in [-0.25, -0.2) is 0 Å². The monoisotopic (exact) mass is 382 g/mol. The number of anilines is 1. The van der Waals surface area contributed by atoms with E-state index in [4.69, 9.17) is 4.74 Å². The zero-order chi connectivity index (χ0) is 20.0. The maximum Gasteiger partial charge on any atom is 0.326 e.